The van der Waals surface area contributed by atoms with E-state index in [4.69, 9.17) is 9.84 Å². The molecule has 1 atom stereocenters. The number of unbranched alkanes of at least 4 members (excludes halogenated alkanes) is 22. The second-order valence-electron chi connectivity index (χ2n) is 13.4. The highest BCUT2D eigenvalue weighted by molar-refractivity contribution is 5.69. The van der Waals surface area contributed by atoms with Crippen molar-refractivity contribution in [3.8, 4) is 0 Å². The van der Waals surface area contributed by atoms with Gasteiger partial charge in [0.05, 0.1) is 0 Å². The molecule has 0 amide bonds. The van der Waals surface area contributed by atoms with Crippen molar-refractivity contribution < 1.29 is 19.4 Å². The van der Waals surface area contributed by atoms with E-state index in [1.54, 1.807) is 0 Å². The van der Waals surface area contributed by atoms with Crippen LogP contribution in [0, 0.1) is 0 Å². The van der Waals surface area contributed by atoms with Gasteiger partial charge in [0.15, 0.2) is 0 Å². The standard InChI is InChI=1S/C42H76O4/c1-3-5-6-7-8-9-10-11-16-21-24-27-30-33-36-39-42(45)46-40(4-2)37-34-31-28-25-22-19-17-14-12-13-15-18-20-23-26-29-32-35-38-41(43)44/h5-6,8-9,11,16,40H,3-4,7,10,12-15,17-39H2,1-2H3,(H,43,44)/b6-5-,9-8-,16-11-. The Labute approximate surface area is 286 Å². The second-order valence-corrected chi connectivity index (χ2v) is 13.4. The lowest BCUT2D eigenvalue weighted by molar-refractivity contribution is -0.149. The number of hydrogen-bond acceptors (Lipinski definition) is 3. The average molecular weight is 645 g/mol. The summed E-state index contributed by atoms with van der Waals surface area (Å²) < 4.78 is 5.79. The van der Waals surface area contributed by atoms with Crippen LogP contribution >= 0.6 is 0 Å². The minimum atomic E-state index is -0.662. The second kappa shape index (κ2) is 37.6. The number of hydrogen-bond donors (Lipinski definition) is 1. The lowest BCUT2D eigenvalue weighted by Crippen LogP contribution is -2.17. The van der Waals surface area contributed by atoms with Crippen molar-refractivity contribution in [2.75, 3.05) is 0 Å². The number of rotatable bonds is 36. The number of carbonyl (C=O) groups is 2. The van der Waals surface area contributed by atoms with Crippen molar-refractivity contribution in [3.63, 3.8) is 0 Å². The smallest absolute Gasteiger partial charge is 0.306 e. The van der Waals surface area contributed by atoms with E-state index in [0.29, 0.717) is 12.8 Å². The van der Waals surface area contributed by atoms with E-state index < -0.39 is 5.97 Å². The Morgan fingerprint density at radius 3 is 1.35 bits per heavy atom. The maximum Gasteiger partial charge on any atom is 0.306 e. The molecular weight excluding hydrogens is 568 g/mol. The highest BCUT2D eigenvalue weighted by atomic mass is 16.5. The van der Waals surface area contributed by atoms with Gasteiger partial charge in [0.1, 0.15) is 6.10 Å². The molecule has 0 aromatic rings. The van der Waals surface area contributed by atoms with E-state index >= 15 is 0 Å². The van der Waals surface area contributed by atoms with Crippen LogP contribution in [0.1, 0.15) is 213 Å². The first-order valence-corrected chi connectivity index (χ1v) is 20.0. The molecule has 0 fully saturated rings. The molecule has 0 rings (SSSR count). The molecule has 0 bridgehead atoms. The van der Waals surface area contributed by atoms with Crippen LogP contribution < -0.4 is 0 Å². The van der Waals surface area contributed by atoms with Gasteiger partial charge in [0.2, 0.25) is 0 Å². The largest absolute Gasteiger partial charge is 0.481 e. The fraction of sp³-hybridized carbons (Fsp3) is 0.810. The Morgan fingerprint density at radius 1 is 0.500 bits per heavy atom. The molecule has 0 saturated carbocycles. The van der Waals surface area contributed by atoms with Crippen molar-refractivity contribution in [1.29, 1.82) is 0 Å². The van der Waals surface area contributed by atoms with Crippen LogP contribution in [-0.4, -0.2) is 23.1 Å². The van der Waals surface area contributed by atoms with E-state index in [0.717, 1.165) is 64.2 Å². The molecular formula is C42H76O4. The molecule has 0 radical (unpaired) electrons. The Balaban J connectivity index is 3.43. The quantitative estimate of drug-likeness (QED) is 0.0419. The lowest BCUT2D eigenvalue weighted by Gasteiger charge is -2.16. The SMILES string of the molecule is CC/C=C\C/C=C\C/C=C\CCCCCCCC(=O)OC(CC)CCCCCCCCCCCCCCCCCCCCC(=O)O. The zero-order valence-corrected chi connectivity index (χ0v) is 30.6. The molecule has 0 aromatic carbocycles. The van der Waals surface area contributed by atoms with E-state index in [9.17, 15) is 9.59 Å². The average Bonchev–Trinajstić information content (AvgIpc) is 3.04. The highest BCUT2D eigenvalue weighted by Gasteiger charge is 2.12. The van der Waals surface area contributed by atoms with Gasteiger partial charge in [-0.25, -0.2) is 0 Å². The third-order valence-electron chi connectivity index (χ3n) is 8.95. The summed E-state index contributed by atoms with van der Waals surface area (Å²) in [7, 11) is 0. The van der Waals surface area contributed by atoms with E-state index in [2.05, 4.69) is 50.3 Å². The lowest BCUT2D eigenvalue weighted by atomic mass is 10.0. The van der Waals surface area contributed by atoms with Gasteiger partial charge in [-0.2, -0.15) is 0 Å². The number of allylic oxidation sites excluding steroid dienone is 6. The molecule has 0 aliphatic rings. The summed E-state index contributed by atoms with van der Waals surface area (Å²) in [6, 6.07) is 0. The van der Waals surface area contributed by atoms with Gasteiger partial charge in [-0.15, -0.1) is 0 Å². The van der Waals surface area contributed by atoms with Crippen LogP contribution in [-0.2, 0) is 14.3 Å². The van der Waals surface area contributed by atoms with Crippen molar-refractivity contribution in [3.05, 3.63) is 36.5 Å². The first kappa shape index (κ1) is 44.2. The number of ether oxygens (including phenoxy) is 1. The van der Waals surface area contributed by atoms with Gasteiger partial charge in [-0.05, 0) is 64.2 Å². The first-order valence-electron chi connectivity index (χ1n) is 20.0. The van der Waals surface area contributed by atoms with Gasteiger partial charge >= 0.3 is 11.9 Å². The van der Waals surface area contributed by atoms with Crippen molar-refractivity contribution in [2.45, 2.75) is 219 Å². The van der Waals surface area contributed by atoms with Crippen LogP contribution in [0.25, 0.3) is 0 Å². The maximum absolute atomic E-state index is 12.3. The van der Waals surface area contributed by atoms with Crippen LogP contribution in [0.2, 0.25) is 0 Å². The Morgan fingerprint density at radius 2 is 0.891 bits per heavy atom. The number of carboxylic acid groups (broad SMARTS) is 1. The molecule has 268 valence electrons. The zero-order chi connectivity index (χ0) is 33.6. The minimum absolute atomic E-state index is 0.00903. The monoisotopic (exact) mass is 645 g/mol. The maximum atomic E-state index is 12.3. The fourth-order valence-electron chi connectivity index (χ4n) is 5.96. The molecule has 4 nitrogen and oxygen atoms in total. The van der Waals surface area contributed by atoms with E-state index in [-0.39, 0.29) is 12.1 Å². The predicted molar refractivity (Wildman–Crippen MR) is 199 cm³/mol. The summed E-state index contributed by atoms with van der Waals surface area (Å²) in [5.74, 6) is -0.653. The summed E-state index contributed by atoms with van der Waals surface area (Å²) in [5, 5.41) is 8.65. The Hall–Kier alpha value is -1.84. The molecule has 4 heteroatoms. The first-order chi connectivity index (χ1) is 22.6. The third kappa shape index (κ3) is 36.6. The Kier molecular flexibility index (Phi) is 36.1. The fourth-order valence-corrected chi connectivity index (χ4v) is 5.96. The zero-order valence-electron chi connectivity index (χ0n) is 30.6. The van der Waals surface area contributed by atoms with Gasteiger partial charge < -0.3 is 9.84 Å². The van der Waals surface area contributed by atoms with Gasteiger partial charge in [-0.3, -0.25) is 9.59 Å². The third-order valence-corrected chi connectivity index (χ3v) is 8.95. The molecule has 1 unspecified atom stereocenters. The van der Waals surface area contributed by atoms with Crippen LogP contribution in [0.4, 0.5) is 0 Å². The summed E-state index contributed by atoms with van der Waals surface area (Å²) in [6.07, 6.45) is 49.8. The molecule has 46 heavy (non-hydrogen) atoms. The van der Waals surface area contributed by atoms with Crippen molar-refractivity contribution in [2.24, 2.45) is 0 Å². The van der Waals surface area contributed by atoms with Crippen molar-refractivity contribution in [1.82, 2.24) is 0 Å². The summed E-state index contributed by atoms with van der Waals surface area (Å²) in [6.45, 7) is 4.31. The van der Waals surface area contributed by atoms with Crippen LogP contribution in [0.15, 0.2) is 36.5 Å². The predicted octanol–water partition coefficient (Wildman–Crippen LogP) is 13.8. The van der Waals surface area contributed by atoms with E-state index in [1.807, 2.05) is 0 Å². The molecule has 0 saturated heterocycles. The van der Waals surface area contributed by atoms with Gasteiger partial charge in [-0.1, -0.05) is 172 Å². The van der Waals surface area contributed by atoms with Gasteiger partial charge in [0, 0.05) is 12.8 Å². The summed E-state index contributed by atoms with van der Waals surface area (Å²) in [5.41, 5.74) is 0. The summed E-state index contributed by atoms with van der Waals surface area (Å²) in [4.78, 5) is 22.8. The number of carboxylic acids is 1. The highest BCUT2D eigenvalue weighted by Crippen LogP contribution is 2.17. The van der Waals surface area contributed by atoms with Gasteiger partial charge in [0.25, 0.3) is 0 Å². The molecule has 0 aromatic heterocycles. The molecule has 0 aliphatic carbocycles. The number of carbonyl (C=O) groups excluding carboxylic acids is 1. The molecule has 1 N–H and O–H groups in total. The molecule has 0 spiro atoms. The van der Waals surface area contributed by atoms with Crippen molar-refractivity contribution >= 4 is 11.9 Å². The topological polar surface area (TPSA) is 63.6 Å². The van der Waals surface area contributed by atoms with E-state index in [1.165, 1.54) is 122 Å². The normalized spacial score (nSPS) is 12.6. The van der Waals surface area contributed by atoms with Crippen LogP contribution in [0.5, 0.6) is 0 Å². The minimum Gasteiger partial charge on any atom is -0.481 e. The number of aliphatic carboxylic acids is 1. The molecule has 0 heterocycles. The van der Waals surface area contributed by atoms with Crippen LogP contribution in [0.3, 0.4) is 0 Å². The molecule has 0 aliphatic heterocycles. The number of esters is 1. The summed E-state index contributed by atoms with van der Waals surface area (Å²) >= 11 is 0. The Bertz CT molecular complexity index is 738.